The Balaban J connectivity index is 1.74. The van der Waals surface area contributed by atoms with Gasteiger partial charge in [-0.05, 0) is 79.1 Å². The van der Waals surface area contributed by atoms with Crippen molar-refractivity contribution in [1.29, 1.82) is 0 Å². The highest BCUT2D eigenvalue weighted by atomic mass is 32.2. The van der Waals surface area contributed by atoms with Gasteiger partial charge in [-0.3, -0.25) is 9.10 Å². The van der Waals surface area contributed by atoms with Gasteiger partial charge in [-0.15, -0.1) is 0 Å². The van der Waals surface area contributed by atoms with E-state index in [9.17, 15) is 13.2 Å². The van der Waals surface area contributed by atoms with Gasteiger partial charge in [-0.25, -0.2) is 8.42 Å². The summed E-state index contributed by atoms with van der Waals surface area (Å²) in [5.74, 6) is 1.15. The molecule has 0 bridgehead atoms. The van der Waals surface area contributed by atoms with Crippen molar-refractivity contribution >= 4 is 21.6 Å². The van der Waals surface area contributed by atoms with Crippen molar-refractivity contribution in [2.24, 2.45) is 0 Å². The molecule has 34 heavy (non-hydrogen) atoms. The molecule has 0 unspecified atom stereocenters. The average molecular weight is 483 g/mol. The second-order valence-electron chi connectivity index (χ2n) is 7.86. The van der Waals surface area contributed by atoms with Crippen LogP contribution in [0.1, 0.15) is 40.9 Å². The Bertz CT molecular complexity index is 1240. The summed E-state index contributed by atoms with van der Waals surface area (Å²) in [5.41, 5.74) is 2.89. The maximum absolute atomic E-state index is 13.0. The lowest BCUT2D eigenvalue weighted by Crippen LogP contribution is -2.29. The van der Waals surface area contributed by atoms with Crippen LogP contribution in [0.4, 0.5) is 5.69 Å². The monoisotopic (exact) mass is 482 g/mol. The topological polar surface area (TPSA) is 84.9 Å². The van der Waals surface area contributed by atoms with Gasteiger partial charge in [0.15, 0.2) is 0 Å². The molecule has 3 aromatic carbocycles. The number of rotatable bonds is 9. The predicted octanol–water partition coefficient (Wildman–Crippen LogP) is 4.72. The maximum Gasteiger partial charge on any atom is 0.264 e. The molecular weight excluding hydrogens is 452 g/mol. The van der Waals surface area contributed by atoms with Gasteiger partial charge in [0.2, 0.25) is 0 Å². The largest absolute Gasteiger partial charge is 0.497 e. The van der Waals surface area contributed by atoms with Crippen molar-refractivity contribution in [3.63, 3.8) is 0 Å². The zero-order valence-corrected chi connectivity index (χ0v) is 20.8. The van der Waals surface area contributed by atoms with Crippen LogP contribution < -0.4 is 19.1 Å². The predicted molar refractivity (Wildman–Crippen MR) is 133 cm³/mol. The van der Waals surface area contributed by atoms with E-state index in [1.54, 1.807) is 43.5 Å². The Morgan fingerprint density at radius 2 is 1.62 bits per heavy atom. The van der Waals surface area contributed by atoms with E-state index in [1.807, 2.05) is 32.0 Å². The molecule has 0 radical (unpaired) electrons. The number of amides is 1. The van der Waals surface area contributed by atoms with Crippen LogP contribution in [0, 0.1) is 6.92 Å². The van der Waals surface area contributed by atoms with Crippen LogP contribution in [0.25, 0.3) is 0 Å². The molecule has 1 N–H and O–H groups in total. The van der Waals surface area contributed by atoms with Crippen LogP contribution in [0.3, 0.4) is 0 Å². The molecule has 1 amide bonds. The van der Waals surface area contributed by atoms with Crippen LogP contribution >= 0.6 is 0 Å². The second-order valence-corrected chi connectivity index (χ2v) is 9.83. The van der Waals surface area contributed by atoms with Crippen molar-refractivity contribution in [3.05, 3.63) is 83.4 Å². The van der Waals surface area contributed by atoms with E-state index in [4.69, 9.17) is 9.47 Å². The second kappa shape index (κ2) is 10.6. The number of ether oxygens (including phenoxy) is 2. The number of hydrogen-bond acceptors (Lipinski definition) is 5. The molecule has 0 saturated heterocycles. The molecule has 7 nitrogen and oxygen atoms in total. The summed E-state index contributed by atoms with van der Waals surface area (Å²) in [6, 6.07) is 18.4. The van der Waals surface area contributed by atoms with Crippen molar-refractivity contribution in [1.82, 2.24) is 5.32 Å². The first-order chi connectivity index (χ1) is 16.2. The number of hydrogen-bond donors (Lipinski definition) is 1. The van der Waals surface area contributed by atoms with E-state index >= 15 is 0 Å². The zero-order valence-electron chi connectivity index (χ0n) is 20.0. The molecule has 1 atom stereocenters. The molecule has 0 aliphatic rings. The standard InChI is InChI=1S/C26H30N2O5S/c1-6-24(20-9-16-25(33-5)18(2)17-20)27-26(29)19-7-10-21(11-8-19)28(3)34(30,31)23-14-12-22(32-4)13-15-23/h7-17,24H,6H2,1-5H3,(H,27,29)/t24-/m0/s1. The van der Waals surface area contributed by atoms with Crippen LogP contribution in [0.2, 0.25) is 0 Å². The summed E-state index contributed by atoms with van der Waals surface area (Å²) in [6.45, 7) is 3.97. The minimum Gasteiger partial charge on any atom is -0.497 e. The lowest BCUT2D eigenvalue weighted by molar-refractivity contribution is 0.0935. The van der Waals surface area contributed by atoms with E-state index in [1.165, 1.54) is 30.6 Å². The van der Waals surface area contributed by atoms with E-state index in [0.717, 1.165) is 23.3 Å². The van der Waals surface area contributed by atoms with Crippen LogP contribution in [-0.2, 0) is 10.0 Å². The summed E-state index contributed by atoms with van der Waals surface area (Å²) >= 11 is 0. The first-order valence-corrected chi connectivity index (χ1v) is 12.3. The molecular formula is C26H30N2O5S. The molecule has 0 aromatic heterocycles. The highest BCUT2D eigenvalue weighted by molar-refractivity contribution is 7.92. The number of aryl methyl sites for hydroxylation is 1. The molecule has 180 valence electrons. The Morgan fingerprint density at radius 3 is 2.15 bits per heavy atom. The first kappa shape index (κ1) is 25.1. The Labute approximate surface area is 201 Å². The molecule has 3 rings (SSSR count). The van der Waals surface area contributed by atoms with Gasteiger partial charge in [0.1, 0.15) is 11.5 Å². The van der Waals surface area contributed by atoms with Crippen LogP contribution in [0.15, 0.2) is 71.6 Å². The number of nitrogens with zero attached hydrogens (tertiary/aromatic N) is 1. The summed E-state index contributed by atoms with van der Waals surface area (Å²) in [7, 11) is 0.879. The minimum atomic E-state index is -3.75. The third kappa shape index (κ3) is 5.34. The fraction of sp³-hybridized carbons (Fsp3) is 0.269. The summed E-state index contributed by atoms with van der Waals surface area (Å²) < 4.78 is 37.5. The summed E-state index contributed by atoms with van der Waals surface area (Å²) in [6.07, 6.45) is 0.721. The molecule has 0 aliphatic heterocycles. The van der Waals surface area contributed by atoms with Gasteiger partial charge in [0.25, 0.3) is 15.9 Å². The van der Waals surface area contributed by atoms with Crippen molar-refractivity contribution in [2.45, 2.75) is 31.2 Å². The molecule has 3 aromatic rings. The van der Waals surface area contributed by atoms with E-state index in [0.29, 0.717) is 17.0 Å². The molecule has 0 heterocycles. The van der Waals surface area contributed by atoms with Gasteiger partial charge < -0.3 is 14.8 Å². The van der Waals surface area contributed by atoms with Gasteiger partial charge in [-0.2, -0.15) is 0 Å². The van der Waals surface area contributed by atoms with E-state index in [2.05, 4.69) is 5.32 Å². The number of anilines is 1. The third-order valence-corrected chi connectivity index (χ3v) is 7.55. The minimum absolute atomic E-state index is 0.151. The number of methoxy groups -OCH3 is 2. The fourth-order valence-electron chi connectivity index (χ4n) is 3.65. The Hall–Kier alpha value is -3.52. The molecule has 0 spiro atoms. The Morgan fingerprint density at radius 1 is 0.971 bits per heavy atom. The highest BCUT2D eigenvalue weighted by Crippen LogP contribution is 2.26. The molecule has 0 aliphatic carbocycles. The normalized spacial score (nSPS) is 12.0. The van der Waals surface area contributed by atoms with Gasteiger partial charge in [-0.1, -0.05) is 19.1 Å². The number of nitrogens with one attached hydrogen (secondary N) is 1. The van der Waals surface area contributed by atoms with E-state index in [-0.39, 0.29) is 16.8 Å². The zero-order chi connectivity index (χ0) is 24.9. The quantitative estimate of drug-likeness (QED) is 0.477. The lowest BCUT2D eigenvalue weighted by Gasteiger charge is -2.21. The Kier molecular flexibility index (Phi) is 7.83. The maximum atomic E-state index is 13.0. The number of carbonyl (C=O) groups is 1. The molecule has 0 saturated carbocycles. The van der Waals surface area contributed by atoms with Crippen molar-refractivity contribution in [2.75, 3.05) is 25.6 Å². The fourth-order valence-corrected chi connectivity index (χ4v) is 4.84. The van der Waals surface area contributed by atoms with Gasteiger partial charge in [0.05, 0.1) is 30.8 Å². The number of benzene rings is 3. The number of sulfonamides is 1. The van der Waals surface area contributed by atoms with Gasteiger partial charge >= 0.3 is 0 Å². The molecule has 0 fully saturated rings. The number of carbonyl (C=O) groups excluding carboxylic acids is 1. The molecule has 8 heteroatoms. The van der Waals surface area contributed by atoms with Crippen LogP contribution in [-0.4, -0.2) is 35.6 Å². The summed E-state index contributed by atoms with van der Waals surface area (Å²) in [5, 5.41) is 3.06. The lowest BCUT2D eigenvalue weighted by atomic mass is 10.0. The van der Waals surface area contributed by atoms with E-state index < -0.39 is 10.0 Å². The van der Waals surface area contributed by atoms with Gasteiger partial charge in [0, 0.05) is 12.6 Å². The van der Waals surface area contributed by atoms with Crippen LogP contribution in [0.5, 0.6) is 11.5 Å². The van der Waals surface area contributed by atoms with Crippen molar-refractivity contribution < 1.29 is 22.7 Å². The average Bonchev–Trinajstić information content (AvgIpc) is 2.86. The first-order valence-electron chi connectivity index (χ1n) is 10.9. The van der Waals surface area contributed by atoms with Crippen molar-refractivity contribution in [3.8, 4) is 11.5 Å². The summed E-state index contributed by atoms with van der Waals surface area (Å²) in [4.78, 5) is 13.0. The third-order valence-electron chi connectivity index (χ3n) is 5.75. The SMILES string of the molecule is CC[C@H](NC(=O)c1ccc(N(C)S(=O)(=O)c2ccc(OC)cc2)cc1)c1ccc(OC)c(C)c1. The highest BCUT2D eigenvalue weighted by Gasteiger charge is 2.22. The smallest absolute Gasteiger partial charge is 0.264 e.